The first-order valence-corrected chi connectivity index (χ1v) is 11.9. The third-order valence-corrected chi connectivity index (χ3v) is 6.36. The largest absolute Gasteiger partial charge is 0.341 e. The molecule has 1 N–H and O–H groups in total. The zero-order chi connectivity index (χ0) is 24.2. The Morgan fingerprint density at radius 1 is 1.06 bits per heavy atom. The zero-order valence-corrected chi connectivity index (χ0v) is 19.6. The molecule has 1 amide bonds. The van der Waals surface area contributed by atoms with E-state index in [1.807, 2.05) is 24.0 Å². The molecule has 4 aromatic rings. The van der Waals surface area contributed by atoms with Crippen LogP contribution >= 0.6 is 0 Å². The number of hydrogen-bond acceptors (Lipinski definition) is 5. The van der Waals surface area contributed by atoms with Crippen LogP contribution < -0.4 is 0 Å². The number of benzene rings is 1. The number of aromatic amines is 1. The van der Waals surface area contributed by atoms with Crippen LogP contribution in [0.1, 0.15) is 45.8 Å². The van der Waals surface area contributed by atoms with Crippen molar-refractivity contribution in [1.82, 2.24) is 29.8 Å². The van der Waals surface area contributed by atoms with E-state index in [0.29, 0.717) is 24.4 Å². The predicted molar refractivity (Wildman–Crippen MR) is 130 cm³/mol. The lowest BCUT2D eigenvalue weighted by Crippen LogP contribution is -2.40. The number of H-pyrrole nitrogens is 1. The van der Waals surface area contributed by atoms with E-state index in [4.69, 9.17) is 0 Å². The van der Waals surface area contributed by atoms with Gasteiger partial charge in [-0.05, 0) is 61.9 Å². The number of pyridine rings is 1. The molecule has 4 heterocycles. The summed E-state index contributed by atoms with van der Waals surface area (Å²) in [6.45, 7) is 3.36. The smallest absolute Gasteiger partial charge is 0.255 e. The molecular weight excluding hydrogens is 443 g/mol. The van der Waals surface area contributed by atoms with Gasteiger partial charge in [0.1, 0.15) is 11.5 Å². The van der Waals surface area contributed by atoms with E-state index in [1.54, 1.807) is 36.9 Å². The Balaban J connectivity index is 1.24. The Hall–Kier alpha value is -3.94. The van der Waals surface area contributed by atoms with Gasteiger partial charge in [0.25, 0.3) is 5.91 Å². The second-order valence-corrected chi connectivity index (χ2v) is 9.07. The summed E-state index contributed by atoms with van der Waals surface area (Å²) in [5, 5.41) is 0. The lowest BCUT2D eigenvalue weighted by Gasteiger charge is -2.33. The Labute approximate surface area is 203 Å². The standard InChI is InChI=1S/C27H27FN6O/c1-18-15-32-26(33-18)25-24(29-10-11-30-25)14-20-3-2-12-34(17-20)27(35)21-6-9-23(31-16-21)13-19-4-7-22(28)8-5-19/h4-11,15-16,20H,2-3,12-14,17H2,1H3,(H,32,33)/t20-/m1/s1. The number of likely N-dealkylation sites (tertiary alicyclic amines) is 1. The van der Waals surface area contributed by atoms with Crippen molar-refractivity contribution in [2.24, 2.45) is 5.92 Å². The van der Waals surface area contributed by atoms with E-state index in [0.717, 1.165) is 60.0 Å². The van der Waals surface area contributed by atoms with E-state index in [9.17, 15) is 9.18 Å². The van der Waals surface area contributed by atoms with Crippen LogP contribution in [0.5, 0.6) is 0 Å². The second kappa shape index (κ2) is 10.1. The van der Waals surface area contributed by atoms with Crippen LogP contribution in [0.25, 0.3) is 11.5 Å². The molecule has 1 aliphatic rings. The summed E-state index contributed by atoms with van der Waals surface area (Å²) in [7, 11) is 0. The fourth-order valence-electron chi connectivity index (χ4n) is 4.59. The van der Waals surface area contributed by atoms with Crippen LogP contribution in [0, 0.1) is 18.7 Å². The molecule has 0 saturated carbocycles. The molecule has 3 aromatic heterocycles. The maximum Gasteiger partial charge on any atom is 0.255 e. The van der Waals surface area contributed by atoms with Crippen LogP contribution in [0.4, 0.5) is 4.39 Å². The quantitative estimate of drug-likeness (QED) is 0.451. The summed E-state index contributed by atoms with van der Waals surface area (Å²) in [5.74, 6) is 0.761. The molecule has 1 atom stereocenters. The number of nitrogens with one attached hydrogen (secondary N) is 1. The van der Waals surface area contributed by atoms with Gasteiger partial charge in [-0.1, -0.05) is 12.1 Å². The second-order valence-electron chi connectivity index (χ2n) is 9.07. The van der Waals surface area contributed by atoms with Crippen LogP contribution in [-0.2, 0) is 12.8 Å². The molecule has 35 heavy (non-hydrogen) atoms. The summed E-state index contributed by atoms with van der Waals surface area (Å²) in [6.07, 6.45) is 10.1. The van der Waals surface area contributed by atoms with Gasteiger partial charge in [0.2, 0.25) is 0 Å². The van der Waals surface area contributed by atoms with E-state index in [2.05, 4.69) is 24.9 Å². The number of aromatic nitrogens is 5. The van der Waals surface area contributed by atoms with Crippen molar-refractivity contribution < 1.29 is 9.18 Å². The van der Waals surface area contributed by atoms with Gasteiger partial charge in [-0.15, -0.1) is 0 Å². The number of amides is 1. The molecule has 8 heteroatoms. The lowest BCUT2D eigenvalue weighted by atomic mass is 9.92. The molecule has 1 aliphatic heterocycles. The minimum atomic E-state index is -0.255. The highest BCUT2D eigenvalue weighted by molar-refractivity contribution is 5.94. The van der Waals surface area contributed by atoms with E-state index in [1.165, 1.54) is 12.1 Å². The third-order valence-electron chi connectivity index (χ3n) is 6.36. The van der Waals surface area contributed by atoms with Crippen LogP contribution in [0.15, 0.2) is 61.2 Å². The maximum atomic E-state index is 13.2. The van der Waals surface area contributed by atoms with Crippen molar-refractivity contribution in [3.8, 4) is 11.5 Å². The summed E-state index contributed by atoms with van der Waals surface area (Å²) in [5.41, 5.74) is 5.04. The molecule has 0 bridgehead atoms. The van der Waals surface area contributed by atoms with Crippen molar-refractivity contribution in [1.29, 1.82) is 0 Å². The highest BCUT2D eigenvalue weighted by atomic mass is 19.1. The van der Waals surface area contributed by atoms with Crippen molar-refractivity contribution in [3.05, 3.63) is 95.2 Å². The minimum absolute atomic E-state index is 0.00318. The number of carbonyl (C=O) groups excluding carboxylic acids is 1. The summed E-state index contributed by atoms with van der Waals surface area (Å²) in [4.78, 5) is 36.3. The molecule has 1 fully saturated rings. The molecule has 1 aromatic carbocycles. The van der Waals surface area contributed by atoms with Gasteiger partial charge in [-0.2, -0.15) is 0 Å². The number of aryl methyl sites for hydroxylation is 1. The van der Waals surface area contributed by atoms with Crippen molar-refractivity contribution in [2.45, 2.75) is 32.6 Å². The zero-order valence-electron chi connectivity index (χ0n) is 19.6. The van der Waals surface area contributed by atoms with E-state index < -0.39 is 0 Å². The number of hydrogen-bond donors (Lipinski definition) is 1. The molecule has 0 radical (unpaired) electrons. The Kier molecular flexibility index (Phi) is 6.61. The molecule has 0 spiro atoms. The van der Waals surface area contributed by atoms with E-state index in [-0.39, 0.29) is 11.7 Å². The maximum absolute atomic E-state index is 13.2. The molecule has 0 aliphatic carbocycles. The molecule has 1 saturated heterocycles. The van der Waals surface area contributed by atoms with Crippen molar-refractivity contribution in [2.75, 3.05) is 13.1 Å². The van der Waals surface area contributed by atoms with Gasteiger partial charge in [0.05, 0.1) is 11.3 Å². The number of nitrogens with zero attached hydrogens (tertiary/aromatic N) is 5. The fourth-order valence-corrected chi connectivity index (χ4v) is 4.59. The number of imidazole rings is 1. The molecular formula is C27H27FN6O. The highest BCUT2D eigenvalue weighted by Crippen LogP contribution is 2.25. The lowest BCUT2D eigenvalue weighted by molar-refractivity contribution is 0.0672. The topological polar surface area (TPSA) is 87.7 Å². The van der Waals surface area contributed by atoms with E-state index >= 15 is 0 Å². The van der Waals surface area contributed by atoms with Crippen molar-refractivity contribution >= 4 is 5.91 Å². The third kappa shape index (κ3) is 5.42. The van der Waals surface area contributed by atoms with Crippen LogP contribution in [0.3, 0.4) is 0 Å². The first-order valence-electron chi connectivity index (χ1n) is 11.9. The molecule has 0 unspecified atom stereocenters. The summed E-state index contributed by atoms with van der Waals surface area (Å²) >= 11 is 0. The number of piperidine rings is 1. The Morgan fingerprint density at radius 3 is 2.63 bits per heavy atom. The Morgan fingerprint density at radius 2 is 1.89 bits per heavy atom. The molecule has 5 rings (SSSR count). The van der Waals surface area contributed by atoms with Gasteiger partial charge >= 0.3 is 0 Å². The number of carbonyl (C=O) groups is 1. The van der Waals surface area contributed by atoms with Crippen LogP contribution in [0.2, 0.25) is 0 Å². The highest BCUT2D eigenvalue weighted by Gasteiger charge is 2.26. The fraction of sp³-hybridized carbons (Fsp3) is 0.296. The van der Waals surface area contributed by atoms with Gasteiger partial charge in [-0.25, -0.2) is 14.4 Å². The summed E-state index contributed by atoms with van der Waals surface area (Å²) in [6, 6.07) is 10.1. The molecule has 178 valence electrons. The SMILES string of the molecule is Cc1cnc(-c2nccnc2C[C@H]2CCCN(C(=O)c3ccc(Cc4ccc(F)cc4)nc3)C2)[nH]1. The number of rotatable bonds is 6. The van der Waals surface area contributed by atoms with Crippen LogP contribution in [-0.4, -0.2) is 48.8 Å². The Bertz CT molecular complexity index is 1300. The van der Waals surface area contributed by atoms with Gasteiger partial charge in [-0.3, -0.25) is 14.8 Å². The van der Waals surface area contributed by atoms with Gasteiger partial charge in [0.15, 0.2) is 5.82 Å². The van der Waals surface area contributed by atoms with Gasteiger partial charge in [0, 0.05) is 55.7 Å². The first kappa shape index (κ1) is 22.8. The van der Waals surface area contributed by atoms with Gasteiger partial charge < -0.3 is 9.88 Å². The normalized spacial score (nSPS) is 15.8. The first-order chi connectivity index (χ1) is 17.0. The number of halogens is 1. The predicted octanol–water partition coefficient (Wildman–Crippen LogP) is 4.39. The summed E-state index contributed by atoms with van der Waals surface area (Å²) < 4.78 is 13.1. The minimum Gasteiger partial charge on any atom is -0.341 e. The average molecular weight is 471 g/mol. The monoisotopic (exact) mass is 470 g/mol. The molecule has 7 nitrogen and oxygen atoms in total. The average Bonchev–Trinajstić information content (AvgIpc) is 3.32. The van der Waals surface area contributed by atoms with Crippen molar-refractivity contribution in [3.63, 3.8) is 0 Å².